The molecular weight excluding hydrogens is 508 g/mol. The van der Waals surface area contributed by atoms with Crippen molar-refractivity contribution in [2.45, 2.75) is 61.4 Å². The number of ether oxygens (including phenoxy) is 4. The summed E-state index contributed by atoms with van der Waals surface area (Å²) in [6.45, 7) is 0. The van der Waals surface area contributed by atoms with Crippen molar-refractivity contribution in [2.24, 2.45) is 35.0 Å². The molecule has 7 fully saturated rings. The molecule has 8 rings (SSSR count). The highest BCUT2D eigenvalue weighted by molar-refractivity contribution is 7.85. The third kappa shape index (κ3) is 3.34. The van der Waals surface area contributed by atoms with Crippen LogP contribution in [0, 0.1) is 35.0 Å². The summed E-state index contributed by atoms with van der Waals surface area (Å²) in [5.41, 5.74) is -0.737. The lowest BCUT2D eigenvalue weighted by Gasteiger charge is -2.54. The molecule has 12 heteroatoms. The fourth-order valence-corrected chi connectivity index (χ4v) is 8.33. The van der Waals surface area contributed by atoms with E-state index in [2.05, 4.69) is 0 Å². The molecule has 4 aliphatic carbocycles. The van der Waals surface area contributed by atoms with E-state index in [1.807, 2.05) is 0 Å². The molecule has 0 spiro atoms. The zero-order valence-electron chi connectivity index (χ0n) is 19.5. The van der Waals surface area contributed by atoms with Crippen LogP contribution in [0.25, 0.3) is 0 Å². The van der Waals surface area contributed by atoms with Gasteiger partial charge in [0.1, 0.15) is 35.6 Å². The number of ketones is 1. The maximum Gasteiger partial charge on any atom is 0.318 e. The molecule has 3 heterocycles. The highest BCUT2D eigenvalue weighted by Gasteiger charge is 2.72. The zero-order chi connectivity index (χ0) is 25.9. The summed E-state index contributed by atoms with van der Waals surface area (Å²) in [5, 5.41) is 0. The fraction of sp³-hybridized carbons (Fsp3) is 0.600. The Morgan fingerprint density at radius 3 is 2.30 bits per heavy atom. The summed E-state index contributed by atoms with van der Waals surface area (Å²) < 4.78 is 54.4. The summed E-state index contributed by atoms with van der Waals surface area (Å²) in [6, 6.07) is 4.57. The average molecular weight is 533 g/mol. The van der Waals surface area contributed by atoms with Gasteiger partial charge in [0.25, 0.3) is 10.1 Å². The molecule has 11 nitrogen and oxygen atoms in total. The van der Waals surface area contributed by atoms with Gasteiger partial charge in [0, 0.05) is 11.8 Å². The van der Waals surface area contributed by atoms with Crippen LogP contribution < -0.4 is 4.74 Å². The number of hydrogen-bond acceptors (Lipinski definition) is 10. The topological polar surface area (TPSA) is 160 Å². The predicted octanol–water partition coefficient (Wildman–Crippen LogP) is 1.08. The molecule has 37 heavy (non-hydrogen) atoms. The Kier molecular flexibility index (Phi) is 4.79. The number of carbonyl (C=O) groups excluding carboxylic acids is 4. The lowest BCUT2D eigenvalue weighted by atomic mass is 9.49. The molecular formula is C25H24O11S. The summed E-state index contributed by atoms with van der Waals surface area (Å²) in [7, 11) is -4.41. The Labute approximate surface area is 211 Å². The Hall–Kier alpha value is -2.83. The van der Waals surface area contributed by atoms with E-state index < -0.39 is 69.7 Å². The van der Waals surface area contributed by atoms with E-state index in [4.69, 9.17) is 23.5 Å². The zero-order valence-corrected chi connectivity index (χ0v) is 20.3. The molecule has 1 N–H and O–H groups in total. The van der Waals surface area contributed by atoms with Gasteiger partial charge in [0.15, 0.2) is 12.2 Å². The molecule has 8 atom stereocenters. The van der Waals surface area contributed by atoms with Crippen molar-refractivity contribution in [3.63, 3.8) is 0 Å². The van der Waals surface area contributed by atoms with Crippen molar-refractivity contribution in [1.29, 1.82) is 0 Å². The van der Waals surface area contributed by atoms with Crippen molar-refractivity contribution >= 4 is 33.8 Å². The van der Waals surface area contributed by atoms with Gasteiger partial charge >= 0.3 is 17.9 Å². The van der Waals surface area contributed by atoms with Crippen molar-refractivity contribution < 1.29 is 51.1 Å². The van der Waals surface area contributed by atoms with Crippen LogP contribution in [-0.2, 0) is 43.5 Å². The molecule has 0 aromatic heterocycles. The highest BCUT2D eigenvalue weighted by atomic mass is 32.2. The lowest BCUT2D eigenvalue weighted by Crippen LogP contribution is -2.56. The van der Waals surface area contributed by atoms with Crippen LogP contribution in [0.3, 0.4) is 0 Å². The minimum atomic E-state index is -4.41. The van der Waals surface area contributed by atoms with Gasteiger partial charge in [-0.2, -0.15) is 8.42 Å². The second-order valence-electron chi connectivity index (χ2n) is 11.3. The fourth-order valence-electron chi connectivity index (χ4n) is 7.85. The van der Waals surface area contributed by atoms with E-state index in [1.54, 1.807) is 0 Å². The number of rotatable bonds is 5. The molecule has 3 aliphatic heterocycles. The van der Waals surface area contributed by atoms with Crippen molar-refractivity contribution in [3.8, 4) is 5.75 Å². The third-order valence-corrected chi connectivity index (χ3v) is 10.1. The van der Waals surface area contributed by atoms with E-state index in [1.165, 1.54) is 12.1 Å². The smallest absolute Gasteiger partial charge is 0.318 e. The SMILES string of the molecule is O=C1C2CC3CC1CC(C(=O)OC1C4OC(=O)C5C4OC1C5C(=O)Oc1ccc(S(=O)(=O)O)cc1)(C3)C2. The van der Waals surface area contributed by atoms with Gasteiger partial charge in [-0.3, -0.25) is 23.7 Å². The van der Waals surface area contributed by atoms with Gasteiger partial charge in [-0.05, 0) is 62.3 Å². The normalized spacial score (nSPS) is 42.7. The van der Waals surface area contributed by atoms with E-state index in [0.717, 1.165) is 25.0 Å². The van der Waals surface area contributed by atoms with Crippen LogP contribution >= 0.6 is 0 Å². The lowest BCUT2D eigenvalue weighted by molar-refractivity contribution is -0.186. The largest absolute Gasteiger partial charge is 0.455 e. The van der Waals surface area contributed by atoms with E-state index >= 15 is 0 Å². The Morgan fingerprint density at radius 2 is 1.65 bits per heavy atom. The van der Waals surface area contributed by atoms with Gasteiger partial charge in [-0.25, -0.2) is 0 Å². The molecule has 0 radical (unpaired) electrons. The summed E-state index contributed by atoms with van der Waals surface area (Å²) in [6.07, 6.45) is -0.196. The predicted molar refractivity (Wildman–Crippen MR) is 118 cm³/mol. The van der Waals surface area contributed by atoms with Crippen LogP contribution in [0.4, 0.5) is 0 Å². The van der Waals surface area contributed by atoms with Crippen molar-refractivity contribution in [2.75, 3.05) is 0 Å². The molecule has 0 amide bonds. The number of fused-ring (bicyclic) bond motifs is 1. The first kappa shape index (κ1) is 23.3. The monoisotopic (exact) mass is 532 g/mol. The number of Topliss-reactive ketones (excluding diaryl/α,β-unsaturated/α-hetero) is 1. The Balaban J connectivity index is 1.11. The van der Waals surface area contributed by atoms with Crippen molar-refractivity contribution in [3.05, 3.63) is 24.3 Å². The molecule has 1 aromatic rings. The Morgan fingerprint density at radius 1 is 0.973 bits per heavy atom. The molecule has 6 bridgehead atoms. The molecule has 196 valence electrons. The number of benzene rings is 1. The summed E-state index contributed by atoms with van der Waals surface area (Å²) >= 11 is 0. The second-order valence-corrected chi connectivity index (χ2v) is 12.7. The van der Waals surface area contributed by atoms with Crippen LogP contribution in [0.2, 0.25) is 0 Å². The van der Waals surface area contributed by atoms with Crippen LogP contribution in [-0.4, -0.2) is 61.1 Å². The standard InChI is InChI=1S/C25H24O11S/c26-17-11-5-10-6-12(17)9-25(7-10,8-11)24(29)36-21-19-15(16-18(34-19)20(21)35-23(16)28)22(27)33-13-1-3-14(4-2-13)37(30,31)32/h1-4,10-12,15-16,18-21H,5-9H2,(H,30,31,32). The molecule has 1 aromatic carbocycles. The minimum absolute atomic E-state index is 0.00914. The average Bonchev–Trinajstić information content (AvgIpc) is 3.45. The summed E-state index contributed by atoms with van der Waals surface area (Å²) in [4.78, 5) is 51.5. The first-order chi connectivity index (χ1) is 17.5. The number of carbonyl (C=O) groups is 4. The van der Waals surface area contributed by atoms with Gasteiger partial charge in [-0.1, -0.05) is 0 Å². The van der Waals surface area contributed by atoms with Crippen LogP contribution in [0.1, 0.15) is 32.1 Å². The van der Waals surface area contributed by atoms with Gasteiger partial charge in [0.05, 0.1) is 10.3 Å². The van der Waals surface area contributed by atoms with Gasteiger partial charge in [0.2, 0.25) is 0 Å². The molecule has 8 unspecified atom stereocenters. The van der Waals surface area contributed by atoms with E-state index in [0.29, 0.717) is 25.2 Å². The van der Waals surface area contributed by atoms with Gasteiger partial charge in [-0.15, -0.1) is 0 Å². The second kappa shape index (κ2) is 7.61. The maximum atomic E-state index is 13.6. The van der Waals surface area contributed by atoms with Crippen LogP contribution in [0.15, 0.2) is 29.2 Å². The molecule has 7 aliphatic rings. The number of esters is 3. The quantitative estimate of drug-likeness (QED) is 0.328. The van der Waals surface area contributed by atoms with E-state index in [9.17, 15) is 27.6 Å². The first-order valence-electron chi connectivity index (χ1n) is 12.4. The van der Waals surface area contributed by atoms with Crippen LogP contribution in [0.5, 0.6) is 5.75 Å². The van der Waals surface area contributed by atoms with E-state index in [-0.39, 0.29) is 28.3 Å². The first-order valence-corrected chi connectivity index (χ1v) is 13.9. The third-order valence-electron chi connectivity index (χ3n) is 9.19. The summed E-state index contributed by atoms with van der Waals surface area (Å²) in [5.74, 6) is -3.46. The highest BCUT2D eigenvalue weighted by Crippen LogP contribution is 2.60. The Bertz CT molecular complexity index is 1320. The maximum absolute atomic E-state index is 13.6. The molecule has 4 saturated carbocycles. The van der Waals surface area contributed by atoms with Gasteiger partial charge < -0.3 is 18.9 Å². The van der Waals surface area contributed by atoms with Crippen molar-refractivity contribution in [1.82, 2.24) is 0 Å². The molecule has 3 saturated heterocycles. The minimum Gasteiger partial charge on any atom is -0.455 e. The number of hydrogen-bond donors (Lipinski definition) is 1.